The van der Waals surface area contributed by atoms with Crippen LogP contribution in [0.2, 0.25) is 0 Å². The molecule has 1 amide bonds. The Labute approximate surface area is 135 Å². The van der Waals surface area contributed by atoms with Crippen LogP contribution in [0.4, 0.5) is 5.69 Å². The number of anilines is 1. The third-order valence-corrected chi connectivity index (χ3v) is 3.70. The number of aldehydes is 1. The van der Waals surface area contributed by atoms with Crippen LogP contribution in [0.25, 0.3) is 16.6 Å². The monoisotopic (exact) mass is 320 g/mol. The highest BCUT2D eigenvalue weighted by molar-refractivity contribution is 6.06. The van der Waals surface area contributed by atoms with Crippen molar-refractivity contribution in [3.05, 3.63) is 60.2 Å². The first-order chi connectivity index (χ1) is 11.6. The lowest BCUT2D eigenvalue weighted by Crippen LogP contribution is -2.12. The van der Waals surface area contributed by atoms with Crippen molar-refractivity contribution in [1.82, 2.24) is 14.4 Å². The molecular formula is C17H12N4O3. The lowest BCUT2D eigenvalue weighted by molar-refractivity contribution is 0.102. The number of aromatic hydroxyl groups is 1. The van der Waals surface area contributed by atoms with Crippen molar-refractivity contribution < 1.29 is 14.7 Å². The average molecular weight is 320 g/mol. The first kappa shape index (κ1) is 14.0. The summed E-state index contributed by atoms with van der Waals surface area (Å²) in [6, 6.07) is 9.94. The molecule has 0 aliphatic heterocycles. The van der Waals surface area contributed by atoms with E-state index in [2.05, 4.69) is 15.3 Å². The molecule has 0 fully saturated rings. The second-order valence-electron chi connectivity index (χ2n) is 5.38. The van der Waals surface area contributed by atoms with E-state index < -0.39 is 0 Å². The molecule has 7 nitrogen and oxygen atoms in total. The SMILES string of the molecule is O=Cc1cn2cc(NC(=O)c3cc4cc(O)ccc4[nH]3)ccc2n1. The summed E-state index contributed by atoms with van der Waals surface area (Å²) in [7, 11) is 0. The van der Waals surface area contributed by atoms with Gasteiger partial charge in [-0.25, -0.2) is 4.98 Å². The van der Waals surface area contributed by atoms with Crippen LogP contribution >= 0.6 is 0 Å². The summed E-state index contributed by atoms with van der Waals surface area (Å²) in [6.45, 7) is 0. The van der Waals surface area contributed by atoms with Gasteiger partial charge in [0.1, 0.15) is 22.8 Å². The number of benzene rings is 1. The van der Waals surface area contributed by atoms with E-state index in [-0.39, 0.29) is 11.7 Å². The fourth-order valence-electron chi connectivity index (χ4n) is 2.58. The number of H-pyrrole nitrogens is 1. The molecule has 0 spiro atoms. The first-order valence-corrected chi connectivity index (χ1v) is 7.19. The fourth-order valence-corrected chi connectivity index (χ4v) is 2.58. The minimum absolute atomic E-state index is 0.144. The van der Waals surface area contributed by atoms with E-state index in [0.717, 1.165) is 10.9 Å². The van der Waals surface area contributed by atoms with E-state index >= 15 is 0 Å². The molecule has 7 heteroatoms. The van der Waals surface area contributed by atoms with E-state index in [1.54, 1.807) is 53.2 Å². The van der Waals surface area contributed by atoms with Gasteiger partial charge in [0.15, 0.2) is 6.29 Å². The van der Waals surface area contributed by atoms with Gasteiger partial charge < -0.3 is 19.8 Å². The van der Waals surface area contributed by atoms with Gasteiger partial charge in [-0.2, -0.15) is 0 Å². The maximum absolute atomic E-state index is 12.4. The molecule has 3 heterocycles. The summed E-state index contributed by atoms with van der Waals surface area (Å²) in [5, 5.41) is 13.0. The Balaban J connectivity index is 1.63. The number of hydrogen-bond acceptors (Lipinski definition) is 4. The number of pyridine rings is 1. The minimum atomic E-state index is -0.305. The van der Waals surface area contributed by atoms with E-state index in [0.29, 0.717) is 29.0 Å². The fraction of sp³-hybridized carbons (Fsp3) is 0. The number of rotatable bonds is 3. The molecular weight excluding hydrogens is 308 g/mol. The van der Waals surface area contributed by atoms with Gasteiger partial charge in [-0.3, -0.25) is 9.59 Å². The predicted octanol–water partition coefficient (Wildman–Crippen LogP) is 2.59. The number of hydrogen-bond donors (Lipinski definition) is 3. The van der Waals surface area contributed by atoms with Crippen LogP contribution in [-0.2, 0) is 0 Å². The number of carbonyl (C=O) groups is 2. The standard InChI is InChI=1S/C17H12N4O3/c22-9-12-8-21-7-11(1-4-16(21)18-12)19-17(24)15-6-10-5-13(23)2-3-14(10)20-15/h1-9,20,23H,(H,19,24). The van der Waals surface area contributed by atoms with Gasteiger partial charge in [0.25, 0.3) is 5.91 Å². The zero-order chi connectivity index (χ0) is 16.7. The van der Waals surface area contributed by atoms with Crippen molar-refractivity contribution in [2.24, 2.45) is 0 Å². The zero-order valence-corrected chi connectivity index (χ0v) is 12.4. The Morgan fingerprint density at radius 1 is 1.21 bits per heavy atom. The molecule has 24 heavy (non-hydrogen) atoms. The molecule has 0 aliphatic rings. The maximum Gasteiger partial charge on any atom is 0.272 e. The molecule has 0 atom stereocenters. The molecule has 0 radical (unpaired) electrons. The number of fused-ring (bicyclic) bond motifs is 2. The number of aromatic nitrogens is 3. The summed E-state index contributed by atoms with van der Waals surface area (Å²) in [5.41, 5.74) is 2.67. The minimum Gasteiger partial charge on any atom is -0.508 e. The average Bonchev–Trinajstić information content (AvgIpc) is 3.17. The zero-order valence-electron chi connectivity index (χ0n) is 12.4. The smallest absolute Gasteiger partial charge is 0.272 e. The second kappa shape index (κ2) is 5.24. The molecule has 0 saturated heterocycles. The Morgan fingerprint density at radius 3 is 2.92 bits per heavy atom. The van der Waals surface area contributed by atoms with Gasteiger partial charge in [-0.1, -0.05) is 0 Å². The highest BCUT2D eigenvalue weighted by Gasteiger charge is 2.11. The summed E-state index contributed by atoms with van der Waals surface area (Å²) >= 11 is 0. The maximum atomic E-state index is 12.4. The quantitative estimate of drug-likeness (QED) is 0.505. The number of amides is 1. The van der Waals surface area contributed by atoms with Crippen LogP contribution in [-0.4, -0.2) is 31.7 Å². The van der Waals surface area contributed by atoms with E-state index in [4.69, 9.17) is 0 Å². The highest BCUT2D eigenvalue weighted by Crippen LogP contribution is 2.21. The summed E-state index contributed by atoms with van der Waals surface area (Å²) in [5.74, 6) is -0.161. The summed E-state index contributed by atoms with van der Waals surface area (Å²) < 4.78 is 1.67. The van der Waals surface area contributed by atoms with Gasteiger partial charge in [0, 0.05) is 23.3 Å². The van der Waals surface area contributed by atoms with Gasteiger partial charge in [-0.15, -0.1) is 0 Å². The predicted molar refractivity (Wildman–Crippen MR) is 88.5 cm³/mol. The molecule has 4 rings (SSSR count). The van der Waals surface area contributed by atoms with Crippen molar-refractivity contribution in [1.29, 1.82) is 0 Å². The van der Waals surface area contributed by atoms with Crippen LogP contribution in [0.5, 0.6) is 5.75 Å². The Bertz CT molecular complexity index is 1090. The third kappa shape index (κ3) is 2.38. The van der Waals surface area contributed by atoms with Crippen LogP contribution in [0.15, 0.2) is 48.8 Å². The van der Waals surface area contributed by atoms with Crippen molar-refractivity contribution in [2.45, 2.75) is 0 Å². The van der Waals surface area contributed by atoms with Crippen LogP contribution in [0.1, 0.15) is 21.0 Å². The largest absolute Gasteiger partial charge is 0.508 e. The number of phenolic OH excluding ortho intramolecular Hbond substituents is 1. The van der Waals surface area contributed by atoms with Crippen molar-refractivity contribution in [3.8, 4) is 5.75 Å². The Kier molecular flexibility index (Phi) is 3.06. The number of nitrogens with zero attached hydrogens (tertiary/aromatic N) is 2. The molecule has 4 aromatic rings. The molecule has 0 saturated carbocycles. The van der Waals surface area contributed by atoms with Crippen molar-refractivity contribution in [3.63, 3.8) is 0 Å². The number of carbonyl (C=O) groups excluding carboxylic acids is 2. The lowest BCUT2D eigenvalue weighted by Gasteiger charge is -2.04. The Hall–Kier alpha value is -3.61. The second-order valence-corrected chi connectivity index (χ2v) is 5.38. The molecule has 118 valence electrons. The molecule has 3 N–H and O–H groups in total. The number of phenols is 1. The van der Waals surface area contributed by atoms with Crippen molar-refractivity contribution >= 4 is 34.4 Å². The number of imidazole rings is 1. The normalized spacial score (nSPS) is 11.0. The van der Waals surface area contributed by atoms with Gasteiger partial charge >= 0.3 is 0 Å². The van der Waals surface area contributed by atoms with E-state index in [9.17, 15) is 14.7 Å². The molecule has 0 aliphatic carbocycles. The van der Waals surface area contributed by atoms with Gasteiger partial charge in [0.2, 0.25) is 0 Å². The third-order valence-electron chi connectivity index (χ3n) is 3.70. The van der Waals surface area contributed by atoms with Crippen LogP contribution < -0.4 is 5.32 Å². The lowest BCUT2D eigenvalue weighted by atomic mass is 10.2. The Morgan fingerprint density at radius 2 is 2.08 bits per heavy atom. The van der Waals surface area contributed by atoms with Crippen LogP contribution in [0, 0.1) is 0 Å². The van der Waals surface area contributed by atoms with Crippen LogP contribution in [0.3, 0.4) is 0 Å². The van der Waals surface area contributed by atoms with Gasteiger partial charge in [-0.05, 0) is 36.4 Å². The number of aromatic amines is 1. The molecule has 1 aromatic carbocycles. The molecule has 0 bridgehead atoms. The number of nitrogens with one attached hydrogen (secondary N) is 2. The highest BCUT2D eigenvalue weighted by atomic mass is 16.3. The molecule has 3 aromatic heterocycles. The molecule has 0 unspecified atom stereocenters. The van der Waals surface area contributed by atoms with E-state index in [1.165, 1.54) is 0 Å². The first-order valence-electron chi connectivity index (χ1n) is 7.19. The van der Waals surface area contributed by atoms with Gasteiger partial charge in [0.05, 0.1) is 5.69 Å². The van der Waals surface area contributed by atoms with E-state index in [1.807, 2.05) is 0 Å². The topological polar surface area (TPSA) is 99.5 Å². The summed E-state index contributed by atoms with van der Waals surface area (Å²) in [6.07, 6.45) is 3.94. The summed E-state index contributed by atoms with van der Waals surface area (Å²) in [4.78, 5) is 30.2. The van der Waals surface area contributed by atoms with Crippen molar-refractivity contribution in [2.75, 3.05) is 5.32 Å².